The minimum atomic E-state index is -3.75. The Bertz CT molecular complexity index is 1070. The van der Waals surface area contributed by atoms with E-state index in [9.17, 15) is 8.42 Å². The zero-order valence-electron chi connectivity index (χ0n) is 14.6. The maximum Gasteiger partial charge on any atom is 0.266 e. The first-order valence-electron chi connectivity index (χ1n) is 8.37. The summed E-state index contributed by atoms with van der Waals surface area (Å²) in [6.07, 6.45) is 3.55. The summed E-state index contributed by atoms with van der Waals surface area (Å²) >= 11 is 0. The van der Waals surface area contributed by atoms with Gasteiger partial charge in [0.25, 0.3) is 10.0 Å². The fourth-order valence-electron chi connectivity index (χ4n) is 3.22. The number of sulfonamides is 1. The molecule has 5 nitrogen and oxygen atoms in total. The van der Waals surface area contributed by atoms with E-state index in [-0.39, 0.29) is 4.90 Å². The molecule has 132 valence electrons. The van der Waals surface area contributed by atoms with Crippen LogP contribution in [-0.4, -0.2) is 18.2 Å². The van der Waals surface area contributed by atoms with Crippen LogP contribution >= 0.6 is 0 Å². The maximum atomic E-state index is 13.5. The second kappa shape index (κ2) is 6.14. The average Bonchev–Trinajstić information content (AvgIpc) is 3.12. The van der Waals surface area contributed by atoms with Gasteiger partial charge in [-0.15, -0.1) is 0 Å². The molecule has 1 aliphatic rings. The molecule has 0 saturated carbocycles. The molecule has 3 aromatic rings. The molecule has 0 spiro atoms. The van der Waals surface area contributed by atoms with Crippen molar-refractivity contribution in [2.45, 2.75) is 24.8 Å². The Morgan fingerprint density at radius 3 is 2.31 bits per heavy atom. The summed E-state index contributed by atoms with van der Waals surface area (Å²) in [4.78, 5) is 0.268. The van der Waals surface area contributed by atoms with Gasteiger partial charge < -0.3 is 0 Å². The Morgan fingerprint density at radius 1 is 0.923 bits per heavy atom. The van der Waals surface area contributed by atoms with Crippen molar-refractivity contribution in [3.8, 4) is 0 Å². The molecular formula is C20H19N3O2S. The molecule has 26 heavy (non-hydrogen) atoms. The Morgan fingerprint density at radius 2 is 1.62 bits per heavy atom. The fourth-order valence-corrected chi connectivity index (χ4v) is 4.80. The molecule has 0 aliphatic carbocycles. The highest BCUT2D eigenvalue weighted by Crippen LogP contribution is 2.39. The number of fused-ring (bicyclic) bond motifs is 1. The van der Waals surface area contributed by atoms with Crippen LogP contribution in [0.15, 0.2) is 77.8 Å². The molecule has 0 fully saturated rings. The predicted molar refractivity (Wildman–Crippen MR) is 102 cm³/mol. The van der Waals surface area contributed by atoms with Crippen molar-refractivity contribution in [2.24, 2.45) is 0 Å². The highest BCUT2D eigenvalue weighted by atomic mass is 32.2. The molecule has 2 heterocycles. The molecule has 0 radical (unpaired) electrons. The summed E-state index contributed by atoms with van der Waals surface area (Å²) in [5, 5.41) is 4.28. The van der Waals surface area contributed by atoms with Crippen molar-refractivity contribution in [3.05, 3.63) is 84.1 Å². The summed E-state index contributed by atoms with van der Waals surface area (Å²) < 4.78 is 30.1. The van der Waals surface area contributed by atoms with E-state index in [1.54, 1.807) is 29.1 Å². The van der Waals surface area contributed by atoms with Crippen LogP contribution in [0.1, 0.15) is 24.1 Å². The van der Waals surface area contributed by atoms with Gasteiger partial charge in [0.15, 0.2) is 0 Å². The van der Waals surface area contributed by atoms with Gasteiger partial charge in [0, 0.05) is 11.8 Å². The molecule has 0 N–H and O–H groups in total. The van der Waals surface area contributed by atoms with E-state index < -0.39 is 16.1 Å². The summed E-state index contributed by atoms with van der Waals surface area (Å²) in [6.45, 7) is 3.87. The zero-order chi connectivity index (χ0) is 18.3. The van der Waals surface area contributed by atoms with Crippen LogP contribution in [0.4, 0.5) is 5.82 Å². The van der Waals surface area contributed by atoms with E-state index >= 15 is 0 Å². The molecule has 1 unspecified atom stereocenters. The topological polar surface area (TPSA) is 55.2 Å². The minimum absolute atomic E-state index is 0.268. The van der Waals surface area contributed by atoms with Crippen molar-refractivity contribution in [2.75, 3.05) is 4.31 Å². The number of anilines is 1. The minimum Gasteiger partial charge on any atom is -0.238 e. The van der Waals surface area contributed by atoms with E-state index in [0.29, 0.717) is 5.82 Å². The van der Waals surface area contributed by atoms with Crippen molar-refractivity contribution >= 4 is 21.5 Å². The third-order valence-corrected chi connectivity index (χ3v) is 6.35. The molecule has 0 amide bonds. The second-order valence-corrected chi connectivity index (χ2v) is 8.19. The van der Waals surface area contributed by atoms with E-state index in [1.165, 1.54) is 4.31 Å². The maximum absolute atomic E-state index is 13.5. The van der Waals surface area contributed by atoms with Crippen LogP contribution in [0.3, 0.4) is 0 Å². The van der Waals surface area contributed by atoms with Crippen molar-refractivity contribution in [3.63, 3.8) is 0 Å². The van der Waals surface area contributed by atoms with Crippen LogP contribution in [0.2, 0.25) is 0 Å². The first-order valence-corrected chi connectivity index (χ1v) is 9.81. The molecule has 4 rings (SSSR count). The largest absolute Gasteiger partial charge is 0.266 e. The van der Waals surface area contributed by atoms with E-state index in [2.05, 4.69) is 5.10 Å². The summed E-state index contributed by atoms with van der Waals surface area (Å²) in [5.74, 6) is 0.541. The zero-order valence-corrected chi connectivity index (χ0v) is 15.4. The van der Waals surface area contributed by atoms with Crippen molar-refractivity contribution in [1.82, 2.24) is 9.78 Å². The Kier molecular flexibility index (Phi) is 3.92. The molecule has 1 atom stereocenters. The lowest BCUT2D eigenvalue weighted by Crippen LogP contribution is -2.38. The molecule has 6 heteroatoms. The molecular weight excluding hydrogens is 346 g/mol. The normalized spacial score (nSPS) is 16.9. The van der Waals surface area contributed by atoms with Crippen molar-refractivity contribution < 1.29 is 8.42 Å². The number of rotatable bonds is 3. The second-order valence-electron chi connectivity index (χ2n) is 6.38. The lowest BCUT2D eigenvalue weighted by Gasteiger charge is -2.35. The van der Waals surface area contributed by atoms with Gasteiger partial charge in [-0.1, -0.05) is 48.0 Å². The van der Waals surface area contributed by atoms with Gasteiger partial charge in [-0.05, 0) is 37.6 Å². The number of aromatic nitrogens is 2. The van der Waals surface area contributed by atoms with Crippen LogP contribution < -0.4 is 4.31 Å². The van der Waals surface area contributed by atoms with Gasteiger partial charge in [-0.3, -0.25) is 0 Å². The first kappa shape index (κ1) is 16.6. The lowest BCUT2D eigenvalue weighted by molar-refractivity contribution is 0.583. The third kappa shape index (κ3) is 2.63. The lowest BCUT2D eigenvalue weighted by atomic mass is 10.0. The average molecular weight is 365 g/mol. The smallest absolute Gasteiger partial charge is 0.238 e. The van der Waals surface area contributed by atoms with Gasteiger partial charge in [0.2, 0.25) is 0 Å². The SMILES string of the molecule is CC1=CC(c2ccccc2)N(S(=O)(=O)c2ccc(C)cc2)c2ccnn21. The first-order chi connectivity index (χ1) is 12.5. The van der Waals surface area contributed by atoms with Gasteiger partial charge in [0.1, 0.15) is 5.82 Å². The van der Waals surface area contributed by atoms with E-state index in [0.717, 1.165) is 16.8 Å². The number of hydrogen-bond acceptors (Lipinski definition) is 3. The number of aryl methyl sites for hydroxylation is 1. The Hall–Kier alpha value is -2.86. The number of allylic oxidation sites excluding steroid dienone is 1. The van der Waals surface area contributed by atoms with E-state index in [4.69, 9.17) is 0 Å². The van der Waals surface area contributed by atoms with Gasteiger partial charge in [0.05, 0.1) is 17.1 Å². The van der Waals surface area contributed by atoms with Crippen LogP contribution in [-0.2, 0) is 10.0 Å². The summed E-state index contributed by atoms with van der Waals surface area (Å²) in [6, 6.07) is 17.9. The number of nitrogens with zero attached hydrogens (tertiary/aromatic N) is 3. The number of hydrogen-bond donors (Lipinski definition) is 0. The van der Waals surface area contributed by atoms with Crippen LogP contribution in [0.25, 0.3) is 5.70 Å². The van der Waals surface area contributed by atoms with E-state index in [1.807, 2.05) is 62.4 Å². The highest BCUT2D eigenvalue weighted by molar-refractivity contribution is 7.92. The standard InChI is InChI=1S/C20H19N3O2S/c1-15-8-10-18(11-9-15)26(24,25)23-19(17-6-4-3-5-7-17)14-16(2)22-20(23)12-13-21-22/h3-14,19H,1-2H3. The van der Waals surface area contributed by atoms with Gasteiger partial charge >= 0.3 is 0 Å². The predicted octanol–water partition coefficient (Wildman–Crippen LogP) is 4.00. The van der Waals surface area contributed by atoms with Crippen molar-refractivity contribution in [1.29, 1.82) is 0 Å². The summed E-state index contributed by atoms with van der Waals surface area (Å²) in [7, 11) is -3.75. The molecule has 1 aromatic heterocycles. The fraction of sp³-hybridized carbons (Fsp3) is 0.150. The monoisotopic (exact) mass is 365 g/mol. The van der Waals surface area contributed by atoms with Crippen LogP contribution in [0, 0.1) is 6.92 Å². The molecule has 0 saturated heterocycles. The molecule has 0 bridgehead atoms. The Balaban J connectivity index is 1.92. The molecule has 1 aliphatic heterocycles. The highest BCUT2D eigenvalue weighted by Gasteiger charge is 2.36. The van der Waals surface area contributed by atoms with Gasteiger partial charge in [-0.25, -0.2) is 17.4 Å². The summed E-state index contributed by atoms with van der Waals surface area (Å²) in [5.41, 5.74) is 2.83. The van der Waals surface area contributed by atoms with Gasteiger partial charge in [-0.2, -0.15) is 5.10 Å². The Labute approximate surface area is 153 Å². The molecule has 2 aromatic carbocycles. The third-order valence-electron chi connectivity index (χ3n) is 4.55. The quantitative estimate of drug-likeness (QED) is 0.705. The van der Waals surface area contributed by atoms with Crippen LogP contribution in [0.5, 0.6) is 0 Å². The number of benzene rings is 2.